The van der Waals surface area contributed by atoms with Gasteiger partial charge in [-0.2, -0.15) is 0 Å². The van der Waals surface area contributed by atoms with Crippen LogP contribution in [0, 0.1) is 6.92 Å². The van der Waals surface area contributed by atoms with Gasteiger partial charge in [0.15, 0.2) is 0 Å². The van der Waals surface area contributed by atoms with Gasteiger partial charge in [0.05, 0.1) is 13.1 Å². The molecule has 0 aliphatic carbocycles. The predicted octanol–water partition coefficient (Wildman–Crippen LogP) is 0.275. The third kappa shape index (κ3) is 3.13. The summed E-state index contributed by atoms with van der Waals surface area (Å²) in [6, 6.07) is 1.40. The maximum Gasteiger partial charge on any atom is 0.304 e. The molecule has 0 unspecified atom stereocenters. The van der Waals surface area contributed by atoms with Crippen LogP contribution in [0.5, 0.6) is 0 Å². The summed E-state index contributed by atoms with van der Waals surface area (Å²) in [6.45, 7) is 1.71. The van der Waals surface area contributed by atoms with Gasteiger partial charge in [-0.15, -0.1) is 0 Å². The maximum absolute atomic E-state index is 12.1. The van der Waals surface area contributed by atoms with Crippen molar-refractivity contribution in [3.63, 3.8) is 0 Å². The summed E-state index contributed by atoms with van der Waals surface area (Å²) in [5.74, 6) is 0.688. The Labute approximate surface area is 113 Å². The number of nitrogens with two attached hydrogens (primary N) is 1. The largest absolute Gasteiger partial charge is 0.464 e. The van der Waals surface area contributed by atoms with Gasteiger partial charge in [-0.25, -0.2) is 13.1 Å². The van der Waals surface area contributed by atoms with E-state index < -0.39 is 10.0 Å². The second-order valence-electron chi connectivity index (χ2n) is 3.84. The molecule has 0 aliphatic rings. The Morgan fingerprint density at radius 1 is 1.53 bits per heavy atom. The summed E-state index contributed by atoms with van der Waals surface area (Å²) in [6.07, 6.45) is 0. The molecule has 2 aromatic rings. The van der Waals surface area contributed by atoms with Crippen molar-refractivity contribution in [1.82, 2.24) is 9.71 Å². The molecule has 0 atom stereocenters. The van der Waals surface area contributed by atoms with Crippen LogP contribution < -0.4 is 15.3 Å². The Morgan fingerprint density at radius 3 is 2.79 bits per heavy atom. The Morgan fingerprint density at radius 2 is 2.26 bits per heavy atom. The van der Waals surface area contributed by atoms with Crippen molar-refractivity contribution >= 4 is 21.4 Å². The zero-order chi connectivity index (χ0) is 14.0. The fraction of sp³-hybridized carbons (Fsp3) is 0.300. The SMILES string of the molecule is Cc1oc(CN)cc1S(=O)(=O)NCc1csc(=O)[nH]1. The van der Waals surface area contributed by atoms with E-state index in [4.69, 9.17) is 10.2 Å². The molecule has 0 radical (unpaired) electrons. The topological polar surface area (TPSA) is 118 Å². The first-order chi connectivity index (χ1) is 8.92. The number of H-pyrrole nitrogens is 1. The molecule has 0 fully saturated rings. The van der Waals surface area contributed by atoms with E-state index in [1.807, 2.05) is 0 Å². The van der Waals surface area contributed by atoms with E-state index in [9.17, 15) is 13.2 Å². The lowest BCUT2D eigenvalue weighted by molar-refractivity contribution is 0.478. The number of hydrogen-bond donors (Lipinski definition) is 3. The van der Waals surface area contributed by atoms with Crippen molar-refractivity contribution in [3.8, 4) is 0 Å². The van der Waals surface area contributed by atoms with Crippen LogP contribution in [0.2, 0.25) is 0 Å². The van der Waals surface area contributed by atoms with Crippen LogP contribution in [-0.2, 0) is 23.1 Å². The van der Waals surface area contributed by atoms with Crippen molar-refractivity contribution in [2.24, 2.45) is 5.73 Å². The van der Waals surface area contributed by atoms with Gasteiger partial charge in [0.1, 0.15) is 16.4 Å². The molecule has 2 rings (SSSR count). The van der Waals surface area contributed by atoms with Crippen molar-refractivity contribution < 1.29 is 12.8 Å². The van der Waals surface area contributed by atoms with E-state index in [2.05, 4.69) is 9.71 Å². The van der Waals surface area contributed by atoms with Gasteiger partial charge in [0.25, 0.3) is 0 Å². The molecule has 19 heavy (non-hydrogen) atoms. The number of furan rings is 1. The van der Waals surface area contributed by atoms with Gasteiger partial charge >= 0.3 is 4.87 Å². The lowest BCUT2D eigenvalue weighted by Crippen LogP contribution is -2.23. The lowest BCUT2D eigenvalue weighted by Gasteiger charge is -2.03. The molecule has 9 heteroatoms. The summed E-state index contributed by atoms with van der Waals surface area (Å²) in [4.78, 5) is 13.3. The van der Waals surface area contributed by atoms with Crippen LogP contribution in [0.3, 0.4) is 0 Å². The molecular formula is C10H13N3O4S2. The van der Waals surface area contributed by atoms with Crippen LogP contribution >= 0.6 is 11.3 Å². The van der Waals surface area contributed by atoms with E-state index in [-0.39, 0.29) is 28.6 Å². The van der Waals surface area contributed by atoms with Crippen molar-refractivity contribution in [2.75, 3.05) is 0 Å². The highest BCUT2D eigenvalue weighted by molar-refractivity contribution is 7.89. The van der Waals surface area contributed by atoms with Crippen LogP contribution in [-0.4, -0.2) is 13.4 Å². The van der Waals surface area contributed by atoms with Gasteiger partial charge in [-0.05, 0) is 6.92 Å². The number of sulfonamides is 1. The summed E-state index contributed by atoms with van der Waals surface area (Å²) >= 11 is 0.981. The minimum atomic E-state index is -3.69. The Kier molecular flexibility index (Phi) is 3.90. The van der Waals surface area contributed by atoms with Gasteiger partial charge in [0.2, 0.25) is 10.0 Å². The average molecular weight is 303 g/mol. The minimum Gasteiger partial charge on any atom is -0.464 e. The third-order valence-corrected chi connectivity index (χ3v) is 4.66. The molecule has 2 aromatic heterocycles. The second kappa shape index (κ2) is 5.29. The van der Waals surface area contributed by atoms with E-state index in [0.717, 1.165) is 11.3 Å². The van der Waals surface area contributed by atoms with E-state index in [0.29, 0.717) is 11.5 Å². The van der Waals surface area contributed by atoms with Crippen molar-refractivity contribution in [1.29, 1.82) is 0 Å². The highest BCUT2D eigenvalue weighted by Crippen LogP contribution is 2.19. The number of aryl methyl sites for hydroxylation is 1. The molecule has 0 aromatic carbocycles. The van der Waals surface area contributed by atoms with Crippen LogP contribution in [0.4, 0.5) is 0 Å². The van der Waals surface area contributed by atoms with E-state index in [1.54, 1.807) is 12.3 Å². The zero-order valence-electron chi connectivity index (χ0n) is 10.1. The number of thiazole rings is 1. The first kappa shape index (κ1) is 14.0. The summed E-state index contributed by atoms with van der Waals surface area (Å²) in [7, 11) is -3.69. The average Bonchev–Trinajstić information content (AvgIpc) is 2.93. The Balaban J connectivity index is 2.18. The molecule has 0 amide bonds. The van der Waals surface area contributed by atoms with Gasteiger partial charge in [0, 0.05) is 17.1 Å². The summed E-state index contributed by atoms with van der Waals surface area (Å²) in [5.41, 5.74) is 5.91. The zero-order valence-corrected chi connectivity index (χ0v) is 11.7. The molecule has 0 aliphatic heterocycles. The number of hydrogen-bond acceptors (Lipinski definition) is 6. The molecule has 0 saturated carbocycles. The molecule has 2 heterocycles. The normalized spacial score (nSPS) is 11.9. The highest BCUT2D eigenvalue weighted by Gasteiger charge is 2.21. The molecule has 4 N–H and O–H groups in total. The molecule has 0 bridgehead atoms. The number of aromatic amines is 1. The van der Waals surface area contributed by atoms with Crippen molar-refractivity contribution in [3.05, 3.63) is 38.3 Å². The number of nitrogens with one attached hydrogen (secondary N) is 2. The number of rotatable bonds is 5. The summed E-state index contributed by atoms with van der Waals surface area (Å²) in [5, 5.41) is 1.57. The minimum absolute atomic E-state index is 0.0175. The smallest absolute Gasteiger partial charge is 0.304 e. The molecule has 104 valence electrons. The quantitative estimate of drug-likeness (QED) is 0.733. The van der Waals surface area contributed by atoms with Crippen LogP contribution in [0.1, 0.15) is 17.2 Å². The third-order valence-electron chi connectivity index (χ3n) is 2.44. The molecular weight excluding hydrogens is 290 g/mol. The van der Waals surface area contributed by atoms with Crippen molar-refractivity contribution in [2.45, 2.75) is 24.9 Å². The maximum atomic E-state index is 12.1. The Bertz CT molecular complexity index is 726. The van der Waals surface area contributed by atoms with Gasteiger partial charge < -0.3 is 15.1 Å². The highest BCUT2D eigenvalue weighted by atomic mass is 32.2. The first-order valence-corrected chi connectivity index (χ1v) is 7.74. The van der Waals surface area contributed by atoms with Gasteiger partial charge in [-0.1, -0.05) is 11.3 Å². The van der Waals surface area contributed by atoms with Gasteiger partial charge in [-0.3, -0.25) is 4.79 Å². The molecule has 0 spiro atoms. The predicted molar refractivity (Wildman–Crippen MR) is 70.3 cm³/mol. The van der Waals surface area contributed by atoms with Crippen LogP contribution in [0.15, 0.2) is 25.6 Å². The fourth-order valence-electron chi connectivity index (χ4n) is 1.54. The number of aromatic nitrogens is 1. The Hall–Kier alpha value is -1.42. The van der Waals surface area contributed by atoms with E-state index in [1.165, 1.54) is 6.07 Å². The fourth-order valence-corrected chi connectivity index (χ4v) is 3.33. The van der Waals surface area contributed by atoms with Crippen LogP contribution in [0.25, 0.3) is 0 Å². The molecule has 0 saturated heterocycles. The monoisotopic (exact) mass is 303 g/mol. The first-order valence-electron chi connectivity index (χ1n) is 5.38. The van der Waals surface area contributed by atoms with E-state index >= 15 is 0 Å². The lowest BCUT2D eigenvalue weighted by atomic mass is 10.4. The second-order valence-corrected chi connectivity index (χ2v) is 6.41. The molecule has 7 nitrogen and oxygen atoms in total. The summed E-state index contributed by atoms with van der Waals surface area (Å²) < 4.78 is 31.7. The standard InChI is InChI=1S/C10H13N3O4S2/c1-6-9(2-8(3-11)17-6)19(15,16)12-4-7-5-18-10(14)13-7/h2,5,12H,3-4,11H2,1H3,(H,13,14).